The van der Waals surface area contributed by atoms with Crippen LogP contribution in [0.15, 0.2) is 21.1 Å². The molecule has 0 saturated carbocycles. The molecule has 0 radical (unpaired) electrons. The highest BCUT2D eigenvalue weighted by atomic mass is 79.9. The van der Waals surface area contributed by atoms with Crippen molar-refractivity contribution in [3.8, 4) is 0 Å². The van der Waals surface area contributed by atoms with E-state index in [0.717, 1.165) is 0 Å². The van der Waals surface area contributed by atoms with Crippen LogP contribution in [0.3, 0.4) is 0 Å². The van der Waals surface area contributed by atoms with E-state index in [1.807, 2.05) is 0 Å². The molecule has 0 fully saturated rings. The lowest BCUT2D eigenvalue weighted by atomic mass is 10.3. The molecule has 0 atom stereocenters. The van der Waals surface area contributed by atoms with Crippen LogP contribution in [0.1, 0.15) is 0 Å². The van der Waals surface area contributed by atoms with Gasteiger partial charge in [0.1, 0.15) is 5.69 Å². The first-order valence-corrected chi connectivity index (χ1v) is 5.61. The molecule has 1 aromatic rings. The number of benzene rings is 1. The van der Waals surface area contributed by atoms with Crippen LogP contribution in [0, 0.1) is 10.1 Å². The Morgan fingerprint density at radius 1 is 1.53 bits per heavy atom. The van der Waals surface area contributed by atoms with Gasteiger partial charge in [-0.05, 0) is 34.2 Å². The number of nitrogens with two attached hydrogens (primary N) is 1. The summed E-state index contributed by atoms with van der Waals surface area (Å²) >= 11 is 11.0. The van der Waals surface area contributed by atoms with Gasteiger partial charge in [0, 0.05) is 15.0 Å². The van der Waals surface area contributed by atoms with Gasteiger partial charge in [0.05, 0.1) is 4.92 Å². The topological polar surface area (TPSA) is 81.2 Å². The molecule has 0 aromatic heterocycles. The Morgan fingerprint density at radius 2 is 2.13 bits per heavy atom. The number of anilines is 1. The molecule has 8 heteroatoms. The first-order chi connectivity index (χ1) is 6.91. The fraction of sp³-hybridized carbons (Fsp3) is 0. The van der Waals surface area contributed by atoms with Gasteiger partial charge in [-0.1, -0.05) is 15.9 Å². The Kier molecular flexibility index (Phi) is 4.00. The van der Waals surface area contributed by atoms with Gasteiger partial charge in [0.2, 0.25) is 0 Å². The highest BCUT2D eigenvalue weighted by Gasteiger charge is 2.18. The number of thiocarbonyl (C=S) groups is 1. The van der Waals surface area contributed by atoms with Crippen LogP contribution in [-0.2, 0) is 0 Å². The highest BCUT2D eigenvalue weighted by molar-refractivity contribution is 9.11. The molecule has 1 rings (SSSR count). The Hall–Kier alpha value is -0.730. The van der Waals surface area contributed by atoms with Crippen LogP contribution in [-0.4, -0.2) is 10.0 Å². The first-order valence-electron chi connectivity index (χ1n) is 3.61. The molecule has 0 aliphatic heterocycles. The third kappa shape index (κ3) is 3.11. The summed E-state index contributed by atoms with van der Waals surface area (Å²) in [5, 5.41) is 13.3. The van der Waals surface area contributed by atoms with Crippen LogP contribution in [0.5, 0.6) is 0 Å². The van der Waals surface area contributed by atoms with Gasteiger partial charge < -0.3 is 11.1 Å². The fourth-order valence-corrected chi connectivity index (χ4v) is 2.35. The lowest BCUT2D eigenvalue weighted by Crippen LogP contribution is -2.20. The maximum Gasteiger partial charge on any atom is 0.295 e. The average Bonchev–Trinajstić information content (AvgIpc) is 2.08. The van der Waals surface area contributed by atoms with Gasteiger partial charge in [0.15, 0.2) is 5.11 Å². The van der Waals surface area contributed by atoms with E-state index in [9.17, 15) is 10.1 Å². The van der Waals surface area contributed by atoms with Crippen molar-refractivity contribution in [2.45, 2.75) is 0 Å². The Balaban J connectivity index is 3.33. The largest absolute Gasteiger partial charge is 0.376 e. The van der Waals surface area contributed by atoms with Crippen molar-refractivity contribution in [3.63, 3.8) is 0 Å². The predicted molar refractivity (Wildman–Crippen MR) is 68.9 cm³/mol. The van der Waals surface area contributed by atoms with E-state index in [0.29, 0.717) is 8.95 Å². The van der Waals surface area contributed by atoms with Crippen LogP contribution < -0.4 is 11.1 Å². The molecule has 0 unspecified atom stereocenters. The lowest BCUT2D eigenvalue weighted by Gasteiger charge is -2.07. The molecule has 0 bridgehead atoms. The zero-order valence-electron chi connectivity index (χ0n) is 7.16. The average molecular weight is 355 g/mol. The zero-order chi connectivity index (χ0) is 11.6. The van der Waals surface area contributed by atoms with Crippen molar-refractivity contribution in [1.29, 1.82) is 0 Å². The third-order valence-corrected chi connectivity index (χ3v) is 2.66. The quantitative estimate of drug-likeness (QED) is 0.485. The second-order valence-corrected chi connectivity index (χ2v) is 4.74. The van der Waals surface area contributed by atoms with Gasteiger partial charge in [0.25, 0.3) is 5.69 Å². The summed E-state index contributed by atoms with van der Waals surface area (Å²) in [6.45, 7) is 0. The number of nitro groups is 1. The molecule has 0 aliphatic rings. The van der Waals surface area contributed by atoms with Crippen LogP contribution >= 0.6 is 44.1 Å². The molecule has 3 N–H and O–H groups in total. The van der Waals surface area contributed by atoms with Crippen molar-refractivity contribution >= 4 is 60.6 Å². The highest BCUT2D eigenvalue weighted by Crippen LogP contribution is 2.35. The van der Waals surface area contributed by atoms with Crippen molar-refractivity contribution in [2.24, 2.45) is 5.73 Å². The minimum absolute atomic E-state index is 0.0267. The van der Waals surface area contributed by atoms with Crippen molar-refractivity contribution in [1.82, 2.24) is 0 Å². The number of hydrogen-bond donors (Lipinski definition) is 2. The molecule has 0 heterocycles. The Bertz CT molecular complexity index is 438. The third-order valence-electron chi connectivity index (χ3n) is 1.48. The maximum absolute atomic E-state index is 10.7. The summed E-state index contributed by atoms with van der Waals surface area (Å²) in [5.41, 5.74) is 5.40. The molecular formula is C7H5Br2N3O2S. The van der Waals surface area contributed by atoms with E-state index >= 15 is 0 Å². The minimum Gasteiger partial charge on any atom is -0.376 e. The smallest absolute Gasteiger partial charge is 0.295 e. The molecular weight excluding hydrogens is 350 g/mol. The van der Waals surface area contributed by atoms with E-state index < -0.39 is 4.92 Å². The summed E-state index contributed by atoms with van der Waals surface area (Å²) in [7, 11) is 0. The minimum atomic E-state index is -0.518. The molecule has 0 aliphatic carbocycles. The number of nitro benzene ring substituents is 1. The second kappa shape index (κ2) is 4.86. The number of nitrogens with one attached hydrogen (secondary N) is 1. The van der Waals surface area contributed by atoms with E-state index in [-0.39, 0.29) is 16.5 Å². The predicted octanol–water partition coefficient (Wildman–Crippen LogP) is 2.78. The molecule has 15 heavy (non-hydrogen) atoms. The Labute approximate surface area is 107 Å². The van der Waals surface area contributed by atoms with Crippen molar-refractivity contribution in [2.75, 3.05) is 5.32 Å². The molecule has 0 spiro atoms. The molecule has 5 nitrogen and oxygen atoms in total. The number of rotatable bonds is 2. The summed E-state index contributed by atoms with van der Waals surface area (Å²) in [5.74, 6) is 0. The standard InChI is InChI=1S/C7H5Br2N3O2S/c8-3-1-4(9)6(11-7(10)15)5(2-3)12(13)14/h1-2H,(H3,10,11,15). The normalized spacial score (nSPS) is 9.73. The molecule has 80 valence electrons. The SMILES string of the molecule is NC(=S)Nc1c(Br)cc(Br)cc1[N+](=O)[O-]. The monoisotopic (exact) mass is 353 g/mol. The van der Waals surface area contributed by atoms with Gasteiger partial charge in [-0.25, -0.2) is 0 Å². The molecule has 0 amide bonds. The lowest BCUT2D eigenvalue weighted by molar-refractivity contribution is -0.384. The van der Waals surface area contributed by atoms with Gasteiger partial charge >= 0.3 is 0 Å². The van der Waals surface area contributed by atoms with Gasteiger partial charge in [-0.2, -0.15) is 0 Å². The van der Waals surface area contributed by atoms with Gasteiger partial charge in [-0.15, -0.1) is 0 Å². The maximum atomic E-state index is 10.7. The van der Waals surface area contributed by atoms with E-state index in [4.69, 9.17) is 5.73 Å². The van der Waals surface area contributed by atoms with Crippen LogP contribution in [0.25, 0.3) is 0 Å². The second-order valence-electron chi connectivity index (χ2n) is 2.53. The summed E-state index contributed by atoms with van der Waals surface area (Å²) < 4.78 is 1.10. The first kappa shape index (κ1) is 12.3. The molecule has 0 saturated heterocycles. The van der Waals surface area contributed by atoms with Crippen LogP contribution in [0.2, 0.25) is 0 Å². The summed E-state index contributed by atoms with van der Waals surface area (Å²) in [6.07, 6.45) is 0. The number of halogens is 2. The van der Waals surface area contributed by atoms with E-state index in [1.54, 1.807) is 6.07 Å². The van der Waals surface area contributed by atoms with Crippen molar-refractivity contribution < 1.29 is 4.92 Å². The fourth-order valence-electron chi connectivity index (χ4n) is 0.951. The van der Waals surface area contributed by atoms with Crippen molar-refractivity contribution in [3.05, 3.63) is 31.2 Å². The number of hydrogen-bond acceptors (Lipinski definition) is 3. The summed E-state index contributed by atoms with van der Waals surface area (Å²) in [6, 6.07) is 3.03. The Morgan fingerprint density at radius 3 is 2.60 bits per heavy atom. The number of nitrogens with zero attached hydrogens (tertiary/aromatic N) is 1. The van der Waals surface area contributed by atoms with E-state index in [1.165, 1.54) is 6.07 Å². The molecule has 1 aromatic carbocycles. The van der Waals surface area contributed by atoms with E-state index in [2.05, 4.69) is 49.4 Å². The van der Waals surface area contributed by atoms with Gasteiger partial charge in [-0.3, -0.25) is 10.1 Å². The zero-order valence-corrected chi connectivity index (χ0v) is 11.1. The summed E-state index contributed by atoms with van der Waals surface area (Å²) in [4.78, 5) is 10.2. The van der Waals surface area contributed by atoms with Crippen LogP contribution in [0.4, 0.5) is 11.4 Å².